The van der Waals surface area contributed by atoms with Crippen LogP contribution in [0.1, 0.15) is 19.5 Å². The number of pyridine rings is 1. The highest BCUT2D eigenvalue weighted by Gasteiger charge is 2.27. The number of nitrogens with zero attached hydrogens (tertiary/aromatic N) is 3. The Labute approximate surface area is 100 Å². The molecule has 0 aromatic carbocycles. The molecule has 1 aliphatic heterocycles. The first-order valence-electron chi connectivity index (χ1n) is 5.37. The molecule has 1 aromatic heterocycles. The fourth-order valence-corrected chi connectivity index (χ4v) is 2.99. The van der Waals surface area contributed by atoms with Crippen LogP contribution in [0.2, 0.25) is 0 Å². The number of anilines is 1. The minimum atomic E-state index is 0.266. The quantitative estimate of drug-likeness (QED) is 0.746. The standard InChI is InChI=1S/C12H15N3S/c1-12(2)9-15(6-7-16-12)11-5-3-4-10(8-13)14-11/h3-5H,6-7,9H2,1-2H3. The summed E-state index contributed by atoms with van der Waals surface area (Å²) in [6.07, 6.45) is 0. The molecule has 0 radical (unpaired) electrons. The number of thioether (sulfide) groups is 1. The molecular weight excluding hydrogens is 218 g/mol. The summed E-state index contributed by atoms with van der Waals surface area (Å²) in [6, 6.07) is 7.71. The van der Waals surface area contributed by atoms with Crippen LogP contribution in [0, 0.1) is 11.3 Å². The second-order valence-electron chi connectivity index (χ2n) is 4.52. The molecule has 1 aliphatic rings. The summed E-state index contributed by atoms with van der Waals surface area (Å²) in [7, 11) is 0. The lowest BCUT2D eigenvalue weighted by molar-refractivity contribution is 0.642. The highest BCUT2D eigenvalue weighted by molar-refractivity contribution is 8.00. The minimum Gasteiger partial charge on any atom is -0.354 e. The van der Waals surface area contributed by atoms with Gasteiger partial charge in [0.15, 0.2) is 0 Å². The fraction of sp³-hybridized carbons (Fsp3) is 0.500. The van der Waals surface area contributed by atoms with E-state index >= 15 is 0 Å². The molecule has 0 unspecified atom stereocenters. The fourth-order valence-electron chi connectivity index (χ4n) is 1.87. The van der Waals surface area contributed by atoms with Gasteiger partial charge in [-0.1, -0.05) is 6.07 Å². The summed E-state index contributed by atoms with van der Waals surface area (Å²) in [4.78, 5) is 6.60. The predicted molar refractivity (Wildman–Crippen MR) is 67.7 cm³/mol. The molecule has 84 valence electrons. The molecule has 0 aliphatic carbocycles. The van der Waals surface area contributed by atoms with Crippen molar-refractivity contribution in [2.24, 2.45) is 0 Å². The van der Waals surface area contributed by atoms with Crippen molar-refractivity contribution >= 4 is 17.6 Å². The first-order chi connectivity index (χ1) is 7.61. The Hall–Kier alpha value is -1.21. The zero-order chi connectivity index (χ0) is 11.6. The summed E-state index contributed by atoms with van der Waals surface area (Å²) in [5.74, 6) is 2.04. The van der Waals surface area contributed by atoms with E-state index in [0.29, 0.717) is 5.69 Å². The maximum absolute atomic E-state index is 8.83. The van der Waals surface area contributed by atoms with E-state index in [0.717, 1.165) is 24.7 Å². The van der Waals surface area contributed by atoms with Crippen LogP contribution in [-0.4, -0.2) is 28.6 Å². The van der Waals surface area contributed by atoms with Crippen LogP contribution in [0.4, 0.5) is 5.82 Å². The topological polar surface area (TPSA) is 39.9 Å². The van der Waals surface area contributed by atoms with Crippen molar-refractivity contribution in [3.63, 3.8) is 0 Å². The molecule has 1 aromatic rings. The third kappa shape index (κ3) is 2.48. The Bertz CT molecular complexity index is 423. The van der Waals surface area contributed by atoms with Crippen molar-refractivity contribution in [1.82, 2.24) is 4.98 Å². The summed E-state index contributed by atoms with van der Waals surface area (Å²) in [5, 5.41) is 8.83. The van der Waals surface area contributed by atoms with Crippen molar-refractivity contribution in [1.29, 1.82) is 5.26 Å². The summed E-state index contributed by atoms with van der Waals surface area (Å²) in [6.45, 7) is 6.49. The lowest BCUT2D eigenvalue weighted by atomic mass is 10.2. The molecule has 0 N–H and O–H groups in total. The maximum Gasteiger partial charge on any atom is 0.142 e. The monoisotopic (exact) mass is 233 g/mol. The normalized spacial score (nSPS) is 19.2. The van der Waals surface area contributed by atoms with E-state index < -0.39 is 0 Å². The Morgan fingerprint density at radius 3 is 3.00 bits per heavy atom. The van der Waals surface area contributed by atoms with E-state index in [1.807, 2.05) is 23.9 Å². The molecule has 0 spiro atoms. The van der Waals surface area contributed by atoms with E-state index in [4.69, 9.17) is 5.26 Å². The van der Waals surface area contributed by atoms with E-state index in [9.17, 15) is 0 Å². The molecule has 0 bridgehead atoms. The van der Waals surface area contributed by atoms with Gasteiger partial charge in [-0.05, 0) is 26.0 Å². The molecule has 0 amide bonds. The number of hydrogen-bond donors (Lipinski definition) is 0. The Morgan fingerprint density at radius 2 is 2.31 bits per heavy atom. The minimum absolute atomic E-state index is 0.266. The maximum atomic E-state index is 8.83. The van der Waals surface area contributed by atoms with Crippen LogP contribution >= 0.6 is 11.8 Å². The SMILES string of the molecule is CC1(C)CN(c2cccc(C#N)n2)CCS1. The van der Waals surface area contributed by atoms with Crippen LogP contribution < -0.4 is 4.90 Å². The highest BCUT2D eigenvalue weighted by Crippen LogP contribution is 2.31. The van der Waals surface area contributed by atoms with Gasteiger partial charge in [0.2, 0.25) is 0 Å². The van der Waals surface area contributed by atoms with Crippen molar-refractivity contribution in [2.75, 3.05) is 23.7 Å². The Morgan fingerprint density at radius 1 is 1.50 bits per heavy atom. The molecule has 3 nitrogen and oxygen atoms in total. The van der Waals surface area contributed by atoms with E-state index in [-0.39, 0.29) is 4.75 Å². The van der Waals surface area contributed by atoms with Gasteiger partial charge >= 0.3 is 0 Å². The lowest BCUT2D eigenvalue weighted by Gasteiger charge is -2.38. The molecule has 0 saturated carbocycles. The molecule has 1 fully saturated rings. The van der Waals surface area contributed by atoms with E-state index in [2.05, 4.69) is 29.8 Å². The Balaban J connectivity index is 2.21. The number of aromatic nitrogens is 1. The van der Waals surface area contributed by atoms with Crippen molar-refractivity contribution < 1.29 is 0 Å². The Kier molecular flexibility index (Phi) is 3.06. The zero-order valence-electron chi connectivity index (χ0n) is 9.60. The van der Waals surface area contributed by atoms with Gasteiger partial charge in [-0.15, -0.1) is 0 Å². The van der Waals surface area contributed by atoms with Gasteiger partial charge in [0, 0.05) is 23.6 Å². The van der Waals surface area contributed by atoms with Gasteiger partial charge in [0.1, 0.15) is 17.6 Å². The van der Waals surface area contributed by atoms with Gasteiger partial charge in [0.05, 0.1) is 0 Å². The predicted octanol–water partition coefficient (Wildman–Crippen LogP) is 2.29. The average Bonchev–Trinajstić information content (AvgIpc) is 2.28. The lowest BCUT2D eigenvalue weighted by Crippen LogP contribution is -2.43. The summed E-state index contributed by atoms with van der Waals surface area (Å²) >= 11 is 1.99. The smallest absolute Gasteiger partial charge is 0.142 e. The third-order valence-corrected chi connectivity index (χ3v) is 3.90. The number of hydrogen-bond acceptors (Lipinski definition) is 4. The van der Waals surface area contributed by atoms with Crippen molar-refractivity contribution in [3.8, 4) is 6.07 Å². The summed E-state index contributed by atoms with van der Waals surface area (Å²) < 4.78 is 0.266. The molecule has 4 heteroatoms. The largest absolute Gasteiger partial charge is 0.354 e. The van der Waals surface area contributed by atoms with Gasteiger partial charge in [-0.2, -0.15) is 17.0 Å². The number of rotatable bonds is 1. The van der Waals surface area contributed by atoms with Crippen molar-refractivity contribution in [3.05, 3.63) is 23.9 Å². The van der Waals surface area contributed by atoms with Crippen LogP contribution in [0.25, 0.3) is 0 Å². The van der Waals surface area contributed by atoms with Gasteiger partial charge in [-0.3, -0.25) is 0 Å². The van der Waals surface area contributed by atoms with E-state index in [1.54, 1.807) is 6.07 Å². The molecule has 0 atom stereocenters. The zero-order valence-corrected chi connectivity index (χ0v) is 10.4. The number of nitriles is 1. The van der Waals surface area contributed by atoms with E-state index in [1.165, 1.54) is 0 Å². The van der Waals surface area contributed by atoms with Gasteiger partial charge in [0.25, 0.3) is 0 Å². The van der Waals surface area contributed by atoms with Crippen LogP contribution in [0.15, 0.2) is 18.2 Å². The van der Waals surface area contributed by atoms with Crippen molar-refractivity contribution in [2.45, 2.75) is 18.6 Å². The first kappa shape index (κ1) is 11.3. The highest BCUT2D eigenvalue weighted by atomic mass is 32.2. The first-order valence-corrected chi connectivity index (χ1v) is 6.35. The molecule has 1 saturated heterocycles. The van der Waals surface area contributed by atoms with Crippen LogP contribution in [-0.2, 0) is 0 Å². The second kappa shape index (κ2) is 4.34. The van der Waals surface area contributed by atoms with Gasteiger partial charge in [-0.25, -0.2) is 4.98 Å². The van der Waals surface area contributed by atoms with Gasteiger partial charge < -0.3 is 4.90 Å². The average molecular weight is 233 g/mol. The summed E-state index contributed by atoms with van der Waals surface area (Å²) in [5.41, 5.74) is 0.494. The second-order valence-corrected chi connectivity index (χ2v) is 6.32. The molecule has 2 rings (SSSR count). The molecule has 16 heavy (non-hydrogen) atoms. The van der Waals surface area contributed by atoms with Crippen LogP contribution in [0.3, 0.4) is 0 Å². The van der Waals surface area contributed by atoms with Crippen LogP contribution in [0.5, 0.6) is 0 Å². The molecular formula is C12H15N3S. The molecule has 2 heterocycles. The third-order valence-electron chi connectivity index (χ3n) is 2.60.